The van der Waals surface area contributed by atoms with Gasteiger partial charge in [-0.1, -0.05) is 23.5 Å². The number of carbonyl (C=O) groups excluding carboxylic acids is 1. The first kappa shape index (κ1) is 13.7. The van der Waals surface area contributed by atoms with Gasteiger partial charge in [-0.05, 0) is 12.1 Å². The van der Waals surface area contributed by atoms with Crippen molar-refractivity contribution in [2.75, 3.05) is 18.0 Å². The maximum absolute atomic E-state index is 13.5. The van der Waals surface area contributed by atoms with Crippen LogP contribution in [0.5, 0.6) is 5.75 Å². The van der Waals surface area contributed by atoms with E-state index in [1.54, 1.807) is 18.2 Å². The van der Waals surface area contributed by atoms with Crippen molar-refractivity contribution in [3.63, 3.8) is 0 Å². The molecule has 8 heteroatoms. The molecule has 1 fully saturated rings. The molecule has 1 aromatic carbocycles. The van der Waals surface area contributed by atoms with Crippen molar-refractivity contribution in [1.29, 1.82) is 0 Å². The van der Waals surface area contributed by atoms with Crippen molar-refractivity contribution in [3.8, 4) is 5.75 Å². The lowest BCUT2D eigenvalue weighted by molar-refractivity contribution is 0.0999. The number of amides is 1. The maximum Gasteiger partial charge on any atom is 0.279 e. The van der Waals surface area contributed by atoms with Gasteiger partial charge in [0.1, 0.15) is 6.10 Å². The van der Waals surface area contributed by atoms with E-state index in [0.717, 1.165) is 17.8 Å². The number of hydrogen-bond donors (Lipinski definition) is 1. The molecule has 1 aromatic heterocycles. The Labute approximate surface area is 124 Å². The van der Waals surface area contributed by atoms with Crippen LogP contribution in [0.2, 0.25) is 0 Å². The zero-order valence-electron chi connectivity index (χ0n) is 11.0. The van der Waals surface area contributed by atoms with Crippen LogP contribution in [0.3, 0.4) is 0 Å². The number of rotatable bonds is 4. The smallest absolute Gasteiger partial charge is 0.279 e. The number of ether oxygens (including phenoxy) is 1. The van der Waals surface area contributed by atoms with E-state index in [1.807, 2.05) is 4.90 Å². The van der Waals surface area contributed by atoms with Gasteiger partial charge in [-0.2, -0.15) is 0 Å². The van der Waals surface area contributed by atoms with Gasteiger partial charge in [0.25, 0.3) is 5.91 Å². The Kier molecular flexibility index (Phi) is 3.70. The van der Waals surface area contributed by atoms with Gasteiger partial charge in [0.15, 0.2) is 11.6 Å². The molecule has 2 aromatic rings. The molecular formula is C13H13FN4O2S. The van der Waals surface area contributed by atoms with E-state index in [1.165, 1.54) is 6.07 Å². The number of benzene rings is 1. The fourth-order valence-corrected chi connectivity index (χ4v) is 2.89. The van der Waals surface area contributed by atoms with Gasteiger partial charge in [0.2, 0.25) is 10.1 Å². The highest BCUT2D eigenvalue weighted by molar-refractivity contribution is 7.17. The molecule has 1 saturated heterocycles. The lowest BCUT2D eigenvalue weighted by atomic mass is 10.3. The fraction of sp³-hybridized carbons (Fsp3) is 0.308. The van der Waals surface area contributed by atoms with Gasteiger partial charge in [0.05, 0.1) is 6.54 Å². The Morgan fingerprint density at radius 3 is 2.95 bits per heavy atom. The molecule has 110 valence electrons. The fourth-order valence-electron chi connectivity index (χ4n) is 2.16. The number of nitrogens with zero attached hydrogens (tertiary/aromatic N) is 3. The number of aromatic nitrogens is 2. The van der Waals surface area contributed by atoms with E-state index in [-0.39, 0.29) is 22.7 Å². The van der Waals surface area contributed by atoms with Gasteiger partial charge in [-0.25, -0.2) is 4.39 Å². The summed E-state index contributed by atoms with van der Waals surface area (Å²) in [5, 5.41) is 8.49. The predicted octanol–water partition coefficient (Wildman–Crippen LogP) is 1.43. The van der Waals surface area contributed by atoms with Crippen molar-refractivity contribution in [1.82, 2.24) is 10.2 Å². The Morgan fingerprint density at radius 2 is 2.24 bits per heavy atom. The van der Waals surface area contributed by atoms with Gasteiger partial charge < -0.3 is 15.4 Å². The summed E-state index contributed by atoms with van der Waals surface area (Å²) in [6.07, 6.45) is 0.627. The standard InChI is InChI=1S/C13H13FN4O2S/c14-9-3-1-2-4-10(9)20-8-5-6-18(7-8)13-17-16-12(21-13)11(15)19/h1-4,8H,5-7H2,(H2,15,19). The van der Waals surface area contributed by atoms with E-state index in [0.29, 0.717) is 18.2 Å². The largest absolute Gasteiger partial charge is 0.485 e. The Balaban J connectivity index is 1.65. The van der Waals surface area contributed by atoms with Gasteiger partial charge in [-0.3, -0.25) is 4.79 Å². The summed E-state index contributed by atoms with van der Waals surface area (Å²) in [6.45, 7) is 1.29. The second-order valence-electron chi connectivity index (χ2n) is 4.66. The van der Waals surface area contributed by atoms with E-state index in [9.17, 15) is 9.18 Å². The minimum atomic E-state index is -0.586. The Bertz CT molecular complexity index is 663. The van der Waals surface area contributed by atoms with Crippen LogP contribution < -0.4 is 15.4 Å². The molecular weight excluding hydrogens is 295 g/mol. The summed E-state index contributed by atoms with van der Waals surface area (Å²) >= 11 is 1.15. The van der Waals surface area contributed by atoms with Crippen molar-refractivity contribution < 1.29 is 13.9 Å². The molecule has 0 radical (unpaired) electrons. The highest BCUT2D eigenvalue weighted by Crippen LogP contribution is 2.27. The van der Waals surface area contributed by atoms with E-state index < -0.39 is 5.91 Å². The quantitative estimate of drug-likeness (QED) is 0.924. The number of para-hydroxylation sites is 1. The second-order valence-corrected chi connectivity index (χ2v) is 5.61. The molecule has 1 atom stereocenters. The molecule has 21 heavy (non-hydrogen) atoms. The highest BCUT2D eigenvalue weighted by atomic mass is 32.1. The minimum absolute atomic E-state index is 0.122. The average Bonchev–Trinajstić information content (AvgIpc) is 3.10. The molecule has 3 rings (SSSR count). The number of halogens is 1. The number of nitrogens with two attached hydrogens (primary N) is 1. The molecule has 0 saturated carbocycles. The molecule has 2 heterocycles. The molecule has 1 unspecified atom stereocenters. The van der Waals surface area contributed by atoms with Crippen LogP contribution >= 0.6 is 11.3 Å². The predicted molar refractivity (Wildman–Crippen MR) is 76.1 cm³/mol. The first-order chi connectivity index (χ1) is 10.1. The van der Waals surface area contributed by atoms with Crippen molar-refractivity contribution in [2.24, 2.45) is 5.73 Å². The summed E-state index contributed by atoms with van der Waals surface area (Å²) in [6, 6.07) is 6.32. The average molecular weight is 308 g/mol. The minimum Gasteiger partial charge on any atom is -0.485 e. The third kappa shape index (κ3) is 2.94. The second kappa shape index (κ2) is 5.65. The monoisotopic (exact) mass is 308 g/mol. The lowest BCUT2D eigenvalue weighted by Crippen LogP contribution is -2.24. The van der Waals surface area contributed by atoms with Crippen LogP contribution in [0.25, 0.3) is 0 Å². The molecule has 6 nitrogen and oxygen atoms in total. The molecule has 1 amide bonds. The molecule has 1 aliphatic heterocycles. The molecule has 0 aliphatic carbocycles. The normalized spacial score (nSPS) is 18.0. The Hall–Kier alpha value is -2.22. The first-order valence-corrected chi connectivity index (χ1v) is 7.24. The van der Waals surface area contributed by atoms with Gasteiger partial charge in [-0.15, -0.1) is 10.2 Å². The van der Waals surface area contributed by atoms with Crippen molar-refractivity contribution in [3.05, 3.63) is 35.1 Å². The van der Waals surface area contributed by atoms with Crippen molar-refractivity contribution >= 4 is 22.4 Å². The summed E-state index contributed by atoms with van der Waals surface area (Å²) in [7, 11) is 0. The SMILES string of the molecule is NC(=O)c1nnc(N2CCC(Oc3ccccc3F)C2)s1. The third-order valence-corrected chi connectivity index (χ3v) is 4.17. The number of hydrogen-bond acceptors (Lipinski definition) is 6. The molecule has 2 N–H and O–H groups in total. The first-order valence-electron chi connectivity index (χ1n) is 6.43. The summed E-state index contributed by atoms with van der Waals surface area (Å²) in [5.74, 6) is -0.709. The summed E-state index contributed by atoms with van der Waals surface area (Å²) in [4.78, 5) is 13.0. The third-order valence-electron chi connectivity index (χ3n) is 3.17. The van der Waals surface area contributed by atoms with Crippen LogP contribution in [0, 0.1) is 5.82 Å². The van der Waals surface area contributed by atoms with Crippen LogP contribution in [0.4, 0.5) is 9.52 Å². The van der Waals surface area contributed by atoms with Gasteiger partial charge in [0, 0.05) is 13.0 Å². The number of anilines is 1. The van der Waals surface area contributed by atoms with E-state index >= 15 is 0 Å². The van der Waals surface area contributed by atoms with Crippen LogP contribution in [-0.4, -0.2) is 35.3 Å². The molecule has 1 aliphatic rings. The molecule has 0 spiro atoms. The van der Waals surface area contributed by atoms with Gasteiger partial charge >= 0.3 is 0 Å². The van der Waals surface area contributed by atoms with Crippen LogP contribution in [0.1, 0.15) is 16.2 Å². The van der Waals surface area contributed by atoms with Crippen molar-refractivity contribution in [2.45, 2.75) is 12.5 Å². The molecule has 0 bridgehead atoms. The zero-order valence-corrected chi connectivity index (χ0v) is 11.8. The number of carbonyl (C=O) groups is 1. The van der Waals surface area contributed by atoms with E-state index in [4.69, 9.17) is 10.5 Å². The highest BCUT2D eigenvalue weighted by Gasteiger charge is 2.27. The Morgan fingerprint density at radius 1 is 1.43 bits per heavy atom. The van der Waals surface area contributed by atoms with Crippen LogP contribution in [-0.2, 0) is 0 Å². The summed E-state index contributed by atoms with van der Waals surface area (Å²) < 4.78 is 19.2. The number of primary amides is 1. The van der Waals surface area contributed by atoms with Crippen LogP contribution in [0.15, 0.2) is 24.3 Å². The lowest BCUT2D eigenvalue weighted by Gasteiger charge is -2.15. The maximum atomic E-state index is 13.5. The zero-order chi connectivity index (χ0) is 14.8. The topological polar surface area (TPSA) is 81.3 Å². The summed E-state index contributed by atoms with van der Waals surface area (Å²) in [5.41, 5.74) is 5.16. The van der Waals surface area contributed by atoms with E-state index in [2.05, 4.69) is 10.2 Å².